The summed E-state index contributed by atoms with van der Waals surface area (Å²) in [6.45, 7) is 1.83. The fourth-order valence-electron chi connectivity index (χ4n) is 3.71. The lowest BCUT2D eigenvalue weighted by molar-refractivity contribution is -0.275. The van der Waals surface area contributed by atoms with Gasteiger partial charge in [-0.3, -0.25) is 4.79 Å². The Hall–Kier alpha value is -3.70. The van der Waals surface area contributed by atoms with E-state index in [2.05, 4.69) is 24.8 Å². The highest BCUT2D eigenvalue weighted by Crippen LogP contribution is 2.27. The number of amides is 1. The topological polar surface area (TPSA) is 99.2 Å². The molecule has 0 saturated carbocycles. The maximum atomic E-state index is 13.9. The van der Waals surface area contributed by atoms with Gasteiger partial charge in [0.15, 0.2) is 11.6 Å². The van der Waals surface area contributed by atoms with Crippen LogP contribution in [-0.2, 0) is 11.3 Å². The number of carbonyl (C=O) groups excluding carboxylic acids is 1. The Morgan fingerprint density at radius 1 is 1.15 bits per heavy atom. The zero-order valence-electron chi connectivity index (χ0n) is 17.3. The largest absolute Gasteiger partial charge is 0.573 e. The average molecular weight is 464 g/mol. The molecule has 1 unspecified atom stereocenters. The maximum Gasteiger partial charge on any atom is 0.573 e. The molecule has 3 heterocycles. The van der Waals surface area contributed by atoms with E-state index in [1.807, 2.05) is 6.07 Å². The predicted molar refractivity (Wildman–Crippen MR) is 109 cm³/mol. The summed E-state index contributed by atoms with van der Waals surface area (Å²) in [6, 6.07) is 6.64. The Labute approximate surface area is 186 Å². The molecule has 4 rings (SSSR count). The van der Waals surface area contributed by atoms with Crippen LogP contribution >= 0.6 is 0 Å². The molecule has 12 heteroatoms. The van der Waals surface area contributed by atoms with Crippen LogP contribution in [0.1, 0.15) is 35.6 Å². The number of aromatic nitrogens is 4. The van der Waals surface area contributed by atoms with Gasteiger partial charge in [-0.1, -0.05) is 12.1 Å². The van der Waals surface area contributed by atoms with Gasteiger partial charge >= 0.3 is 6.36 Å². The Balaban J connectivity index is 1.50. The van der Waals surface area contributed by atoms with Crippen molar-refractivity contribution in [1.82, 2.24) is 20.0 Å². The van der Waals surface area contributed by atoms with Crippen molar-refractivity contribution in [2.45, 2.75) is 31.7 Å². The van der Waals surface area contributed by atoms with E-state index in [0.29, 0.717) is 11.1 Å². The van der Waals surface area contributed by atoms with E-state index < -0.39 is 29.8 Å². The van der Waals surface area contributed by atoms with Crippen molar-refractivity contribution >= 4 is 11.7 Å². The first-order valence-corrected chi connectivity index (χ1v) is 10.1. The Morgan fingerprint density at radius 3 is 2.52 bits per heavy atom. The number of anilines is 1. The SMILES string of the molecule is NC(=O)C(c1ccc(N2CCCC2)nc1)c1cnn(Cc2ccc(OC(F)(F)F)c(F)c2)n1. The molecule has 1 fully saturated rings. The number of halogens is 4. The number of ether oxygens (including phenoxy) is 1. The van der Waals surface area contributed by atoms with Crippen LogP contribution in [0.2, 0.25) is 0 Å². The Morgan fingerprint density at radius 2 is 1.91 bits per heavy atom. The molecule has 1 amide bonds. The number of hydrogen-bond acceptors (Lipinski definition) is 6. The molecular formula is C21H20F4N6O2. The monoisotopic (exact) mass is 464 g/mol. The molecule has 2 aromatic heterocycles. The smallest absolute Gasteiger partial charge is 0.403 e. The van der Waals surface area contributed by atoms with Crippen molar-refractivity contribution in [3.63, 3.8) is 0 Å². The van der Waals surface area contributed by atoms with Gasteiger partial charge in [-0.05, 0) is 42.2 Å². The standard InChI is InChI=1S/C21H20F4N6O2/c22-15-9-13(3-5-17(15)33-21(23,24)25)12-31-28-11-16(29-31)19(20(26)32)14-4-6-18(27-10-14)30-7-1-2-8-30/h3-6,9-11,19H,1-2,7-8,12H2,(H2,26,32). The fraction of sp³-hybridized carbons (Fsp3) is 0.333. The normalized spacial score (nSPS) is 15.0. The number of carbonyl (C=O) groups is 1. The van der Waals surface area contributed by atoms with Crippen LogP contribution in [0, 0.1) is 5.82 Å². The molecule has 1 aliphatic heterocycles. The van der Waals surface area contributed by atoms with Crippen molar-refractivity contribution in [1.29, 1.82) is 0 Å². The van der Waals surface area contributed by atoms with Gasteiger partial charge in [0.25, 0.3) is 0 Å². The fourth-order valence-corrected chi connectivity index (χ4v) is 3.71. The van der Waals surface area contributed by atoms with E-state index in [4.69, 9.17) is 5.73 Å². The summed E-state index contributed by atoms with van der Waals surface area (Å²) in [7, 11) is 0. The molecule has 1 aromatic carbocycles. The predicted octanol–water partition coefficient (Wildman–Crippen LogP) is 2.98. The van der Waals surface area contributed by atoms with Crippen molar-refractivity contribution < 1.29 is 27.1 Å². The number of rotatable bonds is 7. The molecular weight excluding hydrogens is 444 g/mol. The van der Waals surface area contributed by atoms with Gasteiger partial charge in [-0.2, -0.15) is 15.0 Å². The summed E-state index contributed by atoms with van der Waals surface area (Å²) in [5.41, 5.74) is 6.73. The minimum atomic E-state index is -4.99. The first-order valence-electron chi connectivity index (χ1n) is 10.1. The van der Waals surface area contributed by atoms with Crippen LogP contribution in [-0.4, -0.2) is 45.3 Å². The average Bonchev–Trinajstić information content (AvgIpc) is 3.42. The zero-order valence-corrected chi connectivity index (χ0v) is 17.3. The van der Waals surface area contributed by atoms with Crippen LogP contribution in [0.3, 0.4) is 0 Å². The van der Waals surface area contributed by atoms with Crippen LogP contribution in [0.15, 0.2) is 42.7 Å². The lowest BCUT2D eigenvalue weighted by atomic mass is 9.97. The van der Waals surface area contributed by atoms with Crippen LogP contribution < -0.4 is 15.4 Å². The highest BCUT2D eigenvalue weighted by molar-refractivity contribution is 5.84. The molecule has 1 atom stereocenters. The van der Waals surface area contributed by atoms with Gasteiger partial charge in [0.1, 0.15) is 11.7 Å². The summed E-state index contributed by atoms with van der Waals surface area (Å²) in [5, 5.41) is 8.32. The molecule has 174 valence electrons. The van der Waals surface area contributed by atoms with E-state index in [1.165, 1.54) is 17.1 Å². The van der Waals surface area contributed by atoms with E-state index in [0.717, 1.165) is 43.9 Å². The number of primary amides is 1. The van der Waals surface area contributed by atoms with E-state index >= 15 is 0 Å². The highest BCUT2D eigenvalue weighted by Gasteiger charge is 2.32. The van der Waals surface area contributed by atoms with Crippen molar-refractivity contribution in [2.75, 3.05) is 18.0 Å². The molecule has 1 saturated heterocycles. The summed E-state index contributed by atoms with van der Waals surface area (Å²) >= 11 is 0. The zero-order chi connectivity index (χ0) is 23.6. The lowest BCUT2D eigenvalue weighted by Gasteiger charge is -2.17. The second kappa shape index (κ2) is 9.04. The van der Waals surface area contributed by atoms with Gasteiger partial charge in [0.05, 0.1) is 18.4 Å². The molecule has 1 aliphatic rings. The van der Waals surface area contributed by atoms with Crippen molar-refractivity contribution in [3.8, 4) is 5.75 Å². The number of nitrogens with zero attached hydrogens (tertiary/aromatic N) is 5. The van der Waals surface area contributed by atoms with E-state index in [-0.39, 0.29) is 12.2 Å². The molecule has 2 N–H and O–H groups in total. The third-order valence-corrected chi connectivity index (χ3v) is 5.21. The molecule has 0 radical (unpaired) electrons. The van der Waals surface area contributed by atoms with Crippen LogP contribution in [0.5, 0.6) is 5.75 Å². The van der Waals surface area contributed by atoms with Crippen molar-refractivity contribution in [3.05, 3.63) is 65.4 Å². The van der Waals surface area contributed by atoms with Gasteiger partial charge in [-0.25, -0.2) is 9.37 Å². The summed E-state index contributed by atoms with van der Waals surface area (Å²) in [6.07, 6.45) is 0.168. The molecule has 8 nitrogen and oxygen atoms in total. The second-order valence-electron chi connectivity index (χ2n) is 7.59. The Kier molecular flexibility index (Phi) is 6.16. The quantitative estimate of drug-likeness (QED) is 0.540. The van der Waals surface area contributed by atoms with Crippen LogP contribution in [0.25, 0.3) is 0 Å². The number of nitrogens with two attached hydrogens (primary N) is 1. The van der Waals surface area contributed by atoms with Gasteiger partial charge in [0, 0.05) is 19.3 Å². The Bertz CT molecular complexity index is 1130. The first-order chi connectivity index (χ1) is 15.7. The molecule has 33 heavy (non-hydrogen) atoms. The number of pyridine rings is 1. The third-order valence-electron chi connectivity index (χ3n) is 5.21. The molecule has 3 aromatic rings. The second-order valence-corrected chi connectivity index (χ2v) is 7.59. The summed E-state index contributed by atoms with van der Waals surface area (Å²) < 4.78 is 54.4. The molecule has 0 bridgehead atoms. The molecule has 0 aliphatic carbocycles. The van der Waals surface area contributed by atoms with Crippen LogP contribution in [0.4, 0.5) is 23.4 Å². The van der Waals surface area contributed by atoms with Crippen molar-refractivity contribution in [2.24, 2.45) is 5.73 Å². The van der Waals surface area contributed by atoms with E-state index in [1.54, 1.807) is 12.3 Å². The number of benzene rings is 1. The van der Waals surface area contributed by atoms with Gasteiger partial charge < -0.3 is 15.4 Å². The minimum absolute atomic E-state index is 0.0408. The lowest BCUT2D eigenvalue weighted by Crippen LogP contribution is -2.24. The van der Waals surface area contributed by atoms with Gasteiger partial charge in [0.2, 0.25) is 5.91 Å². The number of hydrogen-bond donors (Lipinski definition) is 1. The number of alkyl halides is 3. The summed E-state index contributed by atoms with van der Waals surface area (Å²) in [4.78, 5) is 19.9. The first kappa shape index (κ1) is 22.5. The maximum absolute atomic E-state index is 13.9. The molecule has 0 spiro atoms. The summed E-state index contributed by atoms with van der Waals surface area (Å²) in [5.74, 6) is -2.81. The van der Waals surface area contributed by atoms with E-state index in [9.17, 15) is 22.4 Å². The van der Waals surface area contributed by atoms with Gasteiger partial charge in [-0.15, -0.1) is 13.2 Å². The highest BCUT2D eigenvalue weighted by atomic mass is 19.4. The third kappa shape index (κ3) is 5.38. The minimum Gasteiger partial charge on any atom is -0.403 e.